The van der Waals surface area contributed by atoms with Gasteiger partial charge in [0.15, 0.2) is 0 Å². The zero-order valence-corrected chi connectivity index (χ0v) is 16.2. The Hall–Kier alpha value is -2.16. The molecule has 3 aliphatic rings. The number of imide groups is 1. The second kappa shape index (κ2) is 7.69. The molecule has 0 aliphatic carbocycles. The van der Waals surface area contributed by atoms with E-state index >= 15 is 0 Å². The number of aliphatic carboxylic acids is 1. The van der Waals surface area contributed by atoms with Crippen LogP contribution >= 0.6 is 11.6 Å². The van der Waals surface area contributed by atoms with Crippen molar-refractivity contribution in [3.8, 4) is 0 Å². The van der Waals surface area contributed by atoms with Crippen LogP contribution in [0, 0.1) is 0 Å². The highest BCUT2D eigenvalue weighted by Gasteiger charge is 2.49. The normalized spacial score (nSPS) is 27.0. The Morgan fingerprint density at radius 3 is 2.32 bits per heavy atom. The summed E-state index contributed by atoms with van der Waals surface area (Å²) in [6, 6.07) is 6.21. The number of piperazine rings is 1. The third kappa shape index (κ3) is 3.47. The van der Waals surface area contributed by atoms with E-state index in [4.69, 9.17) is 11.6 Å². The molecule has 1 N–H and O–H groups in total. The highest BCUT2D eigenvalue weighted by atomic mass is 35.5. The first-order chi connectivity index (χ1) is 13.5. The Morgan fingerprint density at radius 1 is 1.04 bits per heavy atom. The largest absolute Gasteiger partial charge is 0.480 e. The van der Waals surface area contributed by atoms with Gasteiger partial charge in [-0.15, -0.1) is 0 Å². The van der Waals surface area contributed by atoms with Gasteiger partial charge >= 0.3 is 5.97 Å². The molecule has 1 aromatic rings. The minimum absolute atomic E-state index is 0.181. The fraction of sp³-hybridized carbons (Fsp3) is 0.526. The molecule has 4 rings (SSSR count). The minimum Gasteiger partial charge on any atom is -0.480 e. The molecule has 2 atom stereocenters. The van der Waals surface area contributed by atoms with Crippen LogP contribution in [0.4, 0.5) is 5.69 Å². The van der Waals surface area contributed by atoms with Gasteiger partial charge in [-0.05, 0) is 24.6 Å². The number of carboxylic acid groups (broad SMARTS) is 1. The van der Waals surface area contributed by atoms with E-state index < -0.39 is 18.1 Å². The number of anilines is 1. The third-order valence-corrected chi connectivity index (χ3v) is 6.04. The van der Waals surface area contributed by atoms with Crippen molar-refractivity contribution >= 4 is 35.1 Å². The van der Waals surface area contributed by atoms with E-state index in [2.05, 4.69) is 4.90 Å². The number of nitrogens with zero attached hydrogens (tertiary/aromatic N) is 4. The second-order valence-electron chi connectivity index (χ2n) is 7.38. The van der Waals surface area contributed by atoms with Gasteiger partial charge in [0.1, 0.15) is 6.04 Å². The predicted molar refractivity (Wildman–Crippen MR) is 103 cm³/mol. The van der Waals surface area contributed by atoms with Crippen LogP contribution < -0.4 is 4.90 Å². The zero-order chi connectivity index (χ0) is 19.8. The van der Waals surface area contributed by atoms with Crippen LogP contribution in [0.5, 0.6) is 0 Å². The van der Waals surface area contributed by atoms with Crippen LogP contribution in [0.15, 0.2) is 24.3 Å². The molecule has 3 heterocycles. The van der Waals surface area contributed by atoms with Crippen LogP contribution in [0.3, 0.4) is 0 Å². The van der Waals surface area contributed by atoms with E-state index in [0.717, 1.165) is 18.8 Å². The van der Waals surface area contributed by atoms with Gasteiger partial charge in [-0.3, -0.25) is 19.3 Å². The number of carboxylic acids is 1. The summed E-state index contributed by atoms with van der Waals surface area (Å²) in [5, 5.41) is 14.4. The van der Waals surface area contributed by atoms with Crippen molar-refractivity contribution in [3.05, 3.63) is 29.3 Å². The molecule has 0 aromatic heterocycles. The fourth-order valence-electron chi connectivity index (χ4n) is 4.49. The summed E-state index contributed by atoms with van der Waals surface area (Å²) in [7, 11) is 0. The van der Waals surface area contributed by atoms with Crippen molar-refractivity contribution in [2.75, 3.05) is 37.6 Å². The Balaban J connectivity index is 1.45. The number of hydrazine groups is 1. The molecule has 2 amide bonds. The lowest BCUT2D eigenvalue weighted by Crippen LogP contribution is -2.60. The first-order valence-electron chi connectivity index (χ1n) is 9.55. The van der Waals surface area contributed by atoms with Gasteiger partial charge in [0.2, 0.25) is 11.8 Å². The molecule has 0 radical (unpaired) electrons. The van der Waals surface area contributed by atoms with Crippen molar-refractivity contribution in [2.45, 2.75) is 31.3 Å². The summed E-state index contributed by atoms with van der Waals surface area (Å²) < 4.78 is 0. The van der Waals surface area contributed by atoms with Gasteiger partial charge in [-0.2, -0.15) is 0 Å². The van der Waals surface area contributed by atoms with Crippen LogP contribution in [0.25, 0.3) is 0 Å². The van der Waals surface area contributed by atoms with E-state index in [1.807, 2.05) is 34.3 Å². The average Bonchev–Trinajstić information content (AvgIpc) is 3.25. The monoisotopic (exact) mass is 406 g/mol. The molecule has 1 aromatic carbocycles. The van der Waals surface area contributed by atoms with Crippen LogP contribution in [-0.4, -0.2) is 82.6 Å². The second-order valence-corrected chi connectivity index (χ2v) is 7.82. The standard InChI is InChI=1S/C19H23ClN4O4/c20-13-2-1-3-14(12-13)21-8-10-22(11-9-21)23-7-6-15(18(23)19(27)28)24-16(25)4-5-17(24)26/h1-3,12,15,18H,4-11H2,(H,27,28). The van der Waals surface area contributed by atoms with Gasteiger partial charge < -0.3 is 10.0 Å². The number of benzene rings is 1. The Bertz CT molecular complexity index is 780. The van der Waals surface area contributed by atoms with E-state index in [-0.39, 0.29) is 24.7 Å². The summed E-state index contributed by atoms with van der Waals surface area (Å²) in [5.41, 5.74) is 1.05. The number of carbonyl (C=O) groups excluding carboxylic acids is 2. The topological polar surface area (TPSA) is 84.4 Å². The van der Waals surface area contributed by atoms with Crippen molar-refractivity contribution in [2.24, 2.45) is 0 Å². The molecule has 9 heteroatoms. The first kappa shape index (κ1) is 19.2. The maximum absolute atomic E-state index is 12.1. The Labute approximate surface area is 168 Å². The van der Waals surface area contributed by atoms with Crippen LogP contribution in [0.1, 0.15) is 19.3 Å². The number of amides is 2. The van der Waals surface area contributed by atoms with E-state index in [1.165, 1.54) is 4.90 Å². The zero-order valence-electron chi connectivity index (χ0n) is 15.5. The lowest BCUT2D eigenvalue weighted by molar-refractivity contribution is -0.155. The molecule has 28 heavy (non-hydrogen) atoms. The number of halogens is 1. The van der Waals surface area contributed by atoms with E-state index in [9.17, 15) is 19.5 Å². The number of hydrogen-bond acceptors (Lipinski definition) is 6. The summed E-state index contributed by atoms with van der Waals surface area (Å²) in [6.07, 6.45) is 0.850. The number of hydrogen-bond donors (Lipinski definition) is 1. The number of likely N-dealkylation sites (tertiary alicyclic amines) is 1. The molecule has 3 fully saturated rings. The van der Waals surface area contributed by atoms with E-state index in [1.54, 1.807) is 0 Å². The molecule has 0 spiro atoms. The molecule has 0 saturated carbocycles. The highest BCUT2D eigenvalue weighted by molar-refractivity contribution is 6.30. The smallest absolute Gasteiger partial charge is 0.324 e. The van der Waals surface area contributed by atoms with Gasteiger partial charge in [0, 0.05) is 56.3 Å². The fourth-order valence-corrected chi connectivity index (χ4v) is 4.67. The van der Waals surface area contributed by atoms with Gasteiger partial charge in [0.25, 0.3) is 0 Å². The number of rotatable bonds is 4. The lowest BCUT2D eigenvalue weighted by atomic mass is 10.1. The SMILES string of the molecule is O=C(O)C1C(N2C(=O)CCC2=O)CCN1N1CCN(c2cccc(Cl)c2)CC1. The first-order valence-corrected chi connectivity index (χ1v) is 9.93. The highest BCUT2D eigenvalue weighted by Crippen LogP contribution is 2.30. The molecule has 150 valence electrons. The van der Waals surface area contributed by atoms with Crippen LogP contribution in [0.2, 0.25) is 5.02 Å². The number of carbonyl (C=O) groups is 3. The molecule has 0 bridgehead atoms. The van der Waals surface area contributed by atoms with Crippen molar-refractivity contribution in [1.82, 2.24) is 14.9 Å². The maximum Gasteiger partial charge on any atom is 0.324 e. The molecular weight excluding hydrogens is 384 g/mol. The average molecular weight is 407 g/mol. The van der Waals surface area contributed by atoms with E-state index in [0.29, 0.717) is 31.1 Å². The van der Waals surface area contributed by atoms with Gasteiger partial charge in [0.05, 0.1) is 6.04 Å². The maximum atomic E-state index is 12.1. The molecule has 3 saturated heterocycles. The van der Waals surface area contributed by atoms with Gasteiger partial charge in [-0.25, -0.2) is 10.0 Å². The Kier molecular flexibility index (Phi) is 5.27. The quantitative estimate of drug-likeness (QED) is 0.748. The minimum atomic E-state index is -0.993. The summed E-state index contributed by atoms with van der Waals surface area (Å²) in [5.74, 6) is -1.50. The van der Waals surface area contributed by atoms with Crippen molar-refractivity contribution in [1.29, 1.82) is 0 Å². The summed E-state index contributed by atoms with van der Waals surface area (Å²) in [6.45, 7) is 3.36. The molecule has 3 aliphatic heterocycles. The molecule has 8 nitrogen and oxygen atoms in total. The predicted octanol–water partition coefficient (Wildman–Crippen LogP) is 1.05. The Morgan fingerprint density at radius 2 is 1.71 bits per heavy atom. The molecular formula is C19H23ClN4O4. The van der Waals surface area contributed by atoms with Crippen molar-refractivity contribution in [3.63, 3.8) is 0 Å². The van der Waals surface area contributed by atoms with Gasteiger partial charge in [-0.1, -0.05) is 17.7 Å². The summed E-state index contributed by atoms with van der Waals surface area (Å²) in [4.78, 5) is 39.7. The molecule has 2 unspecified atom stereocenters. The van der Waals surface area contributed by atoms with Crippen molar-refractivity contribution < 1.29 is 19.5 Å². The third-order valence-electron chi connectivity index (χ3n) is 5.81. The summed E-state index contributed by atoms with van der Waals surface area (Å²) >= 11 is 6.08. The van der Waals surface area contributed by atoms with Crippen LogP contribution in [-0.2, 0) is 14.4 Å². The lowest BCUT2D eigenvalue weighted by Gasteiger charge is -2.42.